The summed E-state index contributed by atoms with van der Waals surface area (Å²) < 4.78 is 9.99. The summed E-state index contributed by atoms with van der Waals surface area (Å²) in [5.74, 6) is -3.00. The average Bonchev–Trinajstić information content (AvgIpc) is 3.28. The van der Waals surface area contributed by atoms with Gasteiger partial charge in [-0.2, -0.15) is 0 Å². The lowest BCUT2D eigenvalue weighted by molar-refractivity contribution is -0.152. The molecule has 1 aliphatic rings. The highest BCUT2D eigenvalue weighted by Gasteiger charge is 2.24. The van der Waals surface area contributed by atoms with Crippen LogP contribution in [0.25, 0.3) is 11.5 Å². The van der Waals surface area contributed by atoms with Gasteiger partial charge in [0, 0.05) is 16.7 Å². The van der Waals surface area contributed by atoms with E-state index in [1.54, 1.807) is 6.92 Å². The maximum Gasteiger partial charge on any atom is 0.375 e. The van der Waals surface area contributed by atoms with Gasteiger partial charge in [0.1, 0.15) is 11.7 Å². The Balaban J connectivity index is 0.000000258. The number of carbonyl (C=O) groups is 4. The lowest BCUT2D eigenvalue weighted by atomic mass is 10.2. The number of carboxylic acids is 2. The van der Waals surface area contributed by atoms with Gasteiger partial charge in [0.05, 0.1) is 12.4 Å². The van der Waals surface area contributed by atoms with E-state index in [9.17, 15) is 19.2 Å². The molecule has 11 nitrogen and oxygen atoms in total. The molecule has 0 saturated heterocycles. The molecule has 1 aromatic heterocycles. The van der Waals surface area contributed by atoms with E-state index in [0.29, 0.717) is 11.6 Å². The minimum absolute atomic E-state index is 0.0568. The van der Waals surface area contributed by atoms with Crippen LogP contribution in [0.4, 0.5) is 0 Å². The van der Waals surface area contributed by atoms with Gasteiger partial charge in [-0.1, -0.05) is 30.0 Å². The predicted octanol–water partition coefficient (Wildman–Crippen LogP) is 1.66. The molecule has 32 heavy (non-hydrogen) atoms. The third kappa shape index (κ3) is 7.74. The van der Waals surface area contributed by atoms with Crippen molar-refractivity contribution in [3.63, 3.8) is 0 Å². The van der Waals surface area contributed by atoms with Gasteiger partial charge in [-0.3, -0.25) is 4.79 Å². The normalized spacial score (nSPS) is 14.8. The van der Waals surface area contributed by atoms with E-state index in [1.807, 2.05) is 30.3 Å². The molecule has 0 radical (unpaired) electrons. The van der Waals surface area contributed by atoms with Crippen LogP contribution in [0.1, 0.15) is 6.92 Å². The Morgan fingerprint density at radius 3 is 2.56 bits per heavy atom. The van der Waals surface area contributed by atoms with Crippen molar-refractivity contribution in [2.75, 3.05) is 18.1 Å². The van der Waals surface area contributed by atoms with Crippen molar-refractivity contribution in [2.45, 2.75) is 18.2 Å². The molecule has 13 heteroatoms. The van der Waals surface area contributed by atoms with Gasteiger partial charge in [-0.25, -0.2) is 14.4 Å². The van der Waals surface area contributed by atoms with Crippen molar-refractivity contribution in [3.8, 4) is 11.5 Å². The third-order valence-corrected chi connectivity index (χ3v) is 5.33. The molecule has 0 aliphatic carbocycles. The first-order chi connectivity index (χ1) is 15.3. The summed E-state index contributed by atoms with van der Waals surface area (Å²) in [6.45, 7) is 1.82. The maximum atomic E-state index is 11.4. The number of nitrogens with zero attached hydrogens (tertiary/aromatic N) is 2. The molecule has 0 saturated carbocycles. The second kappa shape index (κ2) is 12.5. The van der Waals surface area contributed by atoms with Crippen LogP contribution in [-0.2, 0) is 23.9 Å². The van der Waals surface area contributed by atoms with E-state index in [1.165, 1.54) is 17.2 Å². The molecule has 3 N–H and O–H groups in total. The Labute approximate surface area is 190 Å². The summed E-state index contributed by atoms with van der Waals surface area (Å²) in [7, 11) is 0. The minimum atomic E-state index is -1.13. The molecule has 0 bridgehead atoms. The molecule has 1 aromatic carbocycles. The molecule has 1 aliphatic heterocycles. The molecule has 2 aromatic rings. The number of benzene rings is 1. The molecule has 0 fully saturated rings. The van der Waals surface area contributed by atoms with Crippen molar-refractivity contribution in [3.05, 3.63) is 41.4 Å². The Kier molecular flexibility index (Phi) is 9.76. The number of hydrogen-bond acceptors (Lipinski definition) is 11. The molecular weight excluding hydrogens is 462 g/mol. The molecule has 0 amide bonds. The van der Waals surface area contributed by atoms with Crippen molar-refractivity contribution >= 4 is 47.2 Å². The largest absolute Gasteiger partial charge is 0.480 e. The fourth-order valence-electron chi connectivity index (χ4n) is 2.10. The number of ketones is 1. The van der Waals surface area contributed by atoms with Gasteiger partial charge in [0.25, 0.3) is 5.22 Å². The van der Waals surface area contributed by atoms with Gasteiger partial charge in [0.2, 0.25) is 11.7 Å². The minimum Gasteiger partial charge on any atom is -0.480 e. The number of ether oxygens (including phenoxy) is 1. The van der Waals surface area contributed by atoms with Gasteiger partial charge in [-0.15, -0.1) is 22.0 Å². The summed E-state index contributed by atoms with van der Waals surface area (Å²) in [5, 5.41) is 28.8. The first-order valence-corrected chi connectivity index (χ1v) is 11.1. The number of aromatic nitrogens is 2. The number of carbonyl (C=O) groups excluding carboxylic acids is 2. The van der Waals surface area contributed by atoms with Crippen LogP contribution in [-0.4, -0.2) is 68.3 Å². The smallest absolute Gasteiger partial charge is 0.375 e. The number of hydrogen-bond donors (Lipinski definition) is 3. The van der Waals surface area contributed by atoms with Crippen molar-refractivity contribution in [1.82, 2.24) is 15.5 Å². The maximum absolute atomic E-state index is 11.4. The number of Topliss-reactive ketones (excluding diaryl/α,β-unsaturated/α-hetero) is 1. The van der Waals surface area contributed by atoms with E-state index in [2.05, 4.69) is 20.3 Å². The Hall–Kier alpha value is -3.32. The standard InChI is InChI=1S/C13H12N2O4S.C6H7NO4S/c1-2-18-12(17)10(16)8-20-13-15-14-11(19-13)9-6-4-3-5-7-9;8-5(9)3-1-12-2-4(7-3)6(10)11/h3-7H,2,8H2,1H3;1,4,7H,2H2,(H,8,9)(H,10,11). The third-order valence-electron chi connectivity index (χ3n) is 3.58. The van der Waals surface area contributed by atoms with Crippen LogP contribution < -0.4 is 5.32 Å². The summed E-state index contributed by atoms with van der Waals surface area (Å²) in [5.41, 5.74) is 0.738. The Bertz CT molecular complexity index is 993. The zero-order chi connectivity index (χ0) is 23.5. The van der Waals surface area contributed by atoms with Gasteiger partial charge < -0.3 is 24.7 Å². The summed E-state index contributed by atoms with van der Waals surface area (Å²) >= 11 is 2.19. The molecule has 1 unspecified atom stereocenters. The number of carboxylic acid groups (broad SMARTS) is 2. The van der Waals surface area contributed by atoms with Crippen LogP contribution >= 0.6 is 23.5 Å². The van der Waals surface area contributed by atoms with Gasteiger partial charge in [0.15, 0.2) is 0 Å². The fraction of sp³-hybridized carbons (Fsp3) is 0.263. The molecular formula is C19H19N3O8S2. The van der Waals surface area contributed by atoms with Gasteiger partial charge in [-0.05, 0) is 19.1 Å². The SMILES string of the molecule is CCOC(=O)C(=O)CSc1nnc(-c2ccccc2)o1.O=C(O)C1=CSCC(C(=O)O)N1. The lowest BCUT2D eigenvalue weighted by Crippen LogP contribution is -2.41. The zero-order valence-electron chi connectivity index (χ0n) is 16.7. The number of nitrogens with one attached hydrogen (secondary N) is 1. The Morgan fingerprint density at radius 2 is 1.94 bits per heavy atom. The molecule has 3 rings (SSSR count). The number of rotatable bonds is 8. The first kappa shape index (κ1) is 24.9. The van der Waals surface area contributed by atoms with E-state index in [-0.39, 0.29) is 23.3 Å². The lowest BCUT2D eigenvalue weighted by Gasteiger charge is -2.18. The summed E-state index contributed by atoms with van der Waals surface area (Å²) in [6, 6.07) is 8.48. The monoisotopic (exact) mass is 481 g/mol. The summed E-state index contributed by atoms with van der Waals surface area (Å²) in [4.78, 5) is 43.3. The van der Waals surface area contributed by atoms with Crippen molar-refractivity contribution in [2.24, 2.45) is 0 Å². The summed E-state index contributed by atoms with van der Waals surface area (Å²) in [6.07, 6.45) is 0. The van der Waals surface area contributed by atoms with Crippen LogP contribution in [0.3, 0.4) is 0 Å². The molecule has 0 spiro atoms. The molecule has 2 heterocycles. The zero-order valence-corrected chi connectivity index (χ0v) is 18.4. The topological polar surface area (TPSA) is 169 Å². The van der Waals surface area contributed by atoms with Crippen LogP contribution in [0.2, 0.25) is 0 Å². The molecule has 1 atom stereocenters. The van der Waals surface area contributed by atoms with Crippen LogP contribution in [0.15, 0.2) is 51.1 Å². The highest BCUT2D eigenvalue weighted by Crippen LogP contribution is 2.22. The van der Waals surface area contributed by atoms with Crippen LogP contribution in [0.5, 0.6) is 0 Å². The van der Waals surface area contributed by atoms with Crippen molar-refractivity contribution in [1.29, 1.82) is 0 Å². The second-order valence-corrected chi connectivity index (χ2v) is 7.71. The number of thioether (sulfide) groups is 2. The average molecular weight is 482 g/mol. The quantitative estimate of drug-likeness (QED) is 0.283. The van der Waals surface area contributed by atoms with E-state index >= 15 is 0 Å². The number of esters is 1. The Morgan fingerprint density at radius 1 is 1.22 bits per heavy atom. The van der Waals surface area contributed by atoms with Gasteiger partial charge >= 0.3 is 17.9 Å². The van der Waals surface area contributed by atoms with E-state index in [0.717, 1.165) is 17.3 Å². The fourth-order valence-corrected chi connectivity index (χ4v) is 3.56. The second-order valence-electron chi connectivity index (χ2n) is 5.88. The first-order valence-electron chi connectivity index (χ1n) is 9.07. The van der Waals surface area contributed by atoms with Crippen molar-refractivity contribution < 1.29 is 38.5 Å². The predicted molar refractivity (Wildman–Crippen MR) is 115 cm³/mol. The highest BCUT2D eigenvalue weighted by molar-refractivity contribution is 8.02. The van der Waals surface area contributed by atoms with Crippen LogP contribution in [0, 0.1) is 0 Å². The number of aliphatic carboxylic acids is 2. The van der Waals surface area contributed by atoms with E-state index in [4.69, 9.17) is 14.6 Å². The van der Waals surface area contributed by atoms with E-state index < -0.39 is 29.7 Å². The highest BCUT2D eigenvalue weighted by atomic mass is 32.2. The molecule has 170 valence electrons.